The topological polar surface area (TPSA) is 61.4 Å². The summed E-state index contributed by atoms with van der Waals surface area (Å²) in [6, 6.07) is 24.8. The molecule has 0 unspecified atom stereocenters. The van der Waals surface area contributed by atoms with Gasteiger partial charge in [0.15, 0.2) is 0 Å². The molecule has 1 saturated carbocycles. The number of fused-ring (bicyclic) bond motifs is 3. The lowest BCUT2D eigenvalue weighted by Crippen LogP contribution is -2.47. The van der Waals surface area contributed by atoms with Gasteiger partial charge in [0, 0.05) is 17.6 Å². The molecule has 3 aromatic carbocycles. The highest BCUT2D eigenvalue weighted by molar-refractivity contribution is 6.00. The van der Waals surface area contributed by atoms with E-state index >= 15 is 0 Å². The highest BCUT2D eigenvalue weighted by Gasteiger charge is 2.49. The molecule has 0 heterocycles. The van der Waals surface area contributed by atoms with Crippen LogP contribution in [0.3, 0.4) is 0 Å². The molecule has 41 heavy (non-hydrogen) atoms. The molecule has 2 amide bonds. The van der Waals surface area contributed by atoms with Gasteiger partial charge in [-0.05, 0) is 86.5 Å². The molecule has 0 saturated heterocycles. The normalized spacial score (nSPS) is 19.3. The fourth-order valence-corrected chi connectivity index (χ4v) is 6.58. The Morgan fingerprint density at radius 3 is 2.00 bits per heavy atom. The van der Waals surface area contributed by atoms with Crippen molar-refractivity contribution in [2.24, 2.45) is 0 Å². The number of hydrogen-bond donors (Lipinski definition) is 2. The van der Waals surface area contributed by atoms with Gasteiger partial charge in [0.1, 0.15) is 12.0 Å². The average Bonchev–Trinajstić information content (AvgIpc) is 3.27. The van der Waals surface area contributed by atoms with Crippen molar-refractivity contribution in [1.82, 2.24) is 15.5 Å². The molecular formula is C33H36F3N3O2. The van der Waals surface area contributed by atoms with E-state index in [4.69, 9.17) is 0 Å². The monoisotopic (exact) mass is 563 g/mol. The van der Waals surface area contributed by atoms with Crippen LogP contribution in [0.25, 0.3) is 11.1 Å². The molecule has 8 heteroatoms. The van der Waals surface area contributed by atoms with Gasteiger partial charge in [0.05, 0.1) is 0 Å². The molecule has 0 spiro atoms. The van der Waals surface area contributed by atoms with E-state index in [2.05, 4.69) is 22.6 Å². The third-order valence-electron chi connectivity index (χ3n) is 8.65. The number of amides is 2. The van der Waals surface area contributed by atoms with Gasteiger partial charge in [-0.2, -0.15) is 13.2 Å². The van der Waals surface area contributed by atoms with Gasteiger partial charge in [-0.25, -0.2) is 0 Å². The van der Waals surface area contributed by atoms with Gasteiger partial charge in [-0.3, -0.25) is 9.59 Å². The van der Waals surface area contributed by atoms with E-state index < -0.39 is 24.0 Å². The van der Waals surface area contributed by atoms with Gasteiger partial charge < -0.3 is 15.5 Å². The highest BCUT2D eigenvalue weighted by atomic mass is 19.4. The van der Waals surface area contributed by atoms with E-state index in [1.54, 1.807) is 0 Å². The van der Waals surface area contributed by atoms with Crippen molar-refractivity contribution in [2.45, 2.75) is 62.2 Å². The molecule has 0 aliphatic heterocycles. The summed E-state index contributed by atoms with van der Waals surface area (Å²) in [5, 5.41) is 5.36. The first-order chi connectivity index (χ1) is 19.7. The summed E-state index contributed by atoms with van der Waals surface area (Å²) in [6.45, 7) is -0.647. The number of rotatable bonds is 9. The minimum absolute atomic E-state index is 0.0476. The fraction of sp³-hybridized carbons (Fsp3) is 0.394. The van der Waals surface area contributed by atoms with Gasteiger partial charge in [-0.1, -0.05) is 66.7 Å². The van der Waals surface area contributed by atoms with E-state index in [0.717, 1.165) is 47.9 Å². The number of nitrogens with zero attached hydrogens (tertiary/aromatic N) is 1. The lowest BCUT2D eigenvalue weighted by molar-refractivity contribution is -0.141. The second-order valence-electron chi connectivity index (χ2n) is 11.2. The SMILES string of the molecule is CN(CCCC1(C(=O)NCC(F)(F)F)c2ccccc2-c2ccccc21)C1CCC(NC(=O)c2ccccc2)CC1. The Balaban J connectivity index is 1.24. The summed E-state index contributed by atoms with van der Waals surface area (Å²) in [7, 11) is 2.07. The van der Waals surface area contributed by atoms with E-state index in [-0.39, 0.29) is 11.9 Å². The number of nitrogens with one attached hydrogen (secondary N) is 2. The van der Waals surface area contributed by atoms with Crippen molar-refractivity contribution in [2.75, 3.05) is 20.1 Å². The maximum atomic E-state index is 13.7. The van der Waals surface area contributed by atoms with Crippen LogP contribution in [0, 0.1) is 0 Å². The molecule has 2 aliphatic carbocycles. The smallest absolute Gasteiger partial charge is 0.349 e. The Kier molecular flexibility index (Phi) is 8.50. The fourth-order valence-electron chi connectivity index (χ4n) is 6.58. The van der Waals surface area contributed by atoms with E-state index in [1.165, 1.54) is 0 Å². The first-order valence-corrected chi connectivity index (χ1v) is 14.3. The van der Waals surface area contributed by atoms with Crippen LogP contribution in [0.4, 0.5) is 13.2 Å². The number of alkyl halides is 3. The zero-order valence-corrected chi connectivity index (χ0v) is 23.2. The maximum Gasteiger partial charge on any atom is 0.405 e. The minimum atomic E-state index is -4.49. The number of carbonyl (C=O) groups excluding carboxylic acids is 2. The molecule has 5 nitrogen and oxygen atoms in total. The molecule has 2 N–H and O–H groups in total. The minimum Gasteiger partial charge on any atom is -0.349 e. The number of benzene rings is 3. The summed E-state index contributed by atoms with van der Waals surface area (Å²) in [6.07, 6.45) is 0.212. The molecule has 0 bridgehead atoms. The van der Waals surface area contributed by atoms with Crippen LogP contribution in [0.15, 0.2) is 78.9 Å². The van der Waals surface area contributed by atoms with Crippen LogP contribution in [-0.4, -0.2) is 55.1 Å². The van der Waals surface area contributed by atoms with E-state index in [1.807, 2.05) is 78.9 Å². The predicted octanol–water partition coefficient (Wildman–Crippen LogP) is 6.08. The Morgan fingerprint density at radius 2 is 1.41 bits per heavy atom. The highest BCUT2D eigenvalue weighted by Crippen LogP contribution is 2.51. The van der Waals surface area contributed by atoms with Crippen LogP contribution in [0.2, 0.25) is 0 Å². The summed E-state index contributed by atoms with van der Waals surface area (Å²) >= 11 is 0. The summed E-state index contributed by atoms with van der Waals surface area (Å²) in [5.74, 6) is -0.654. The molecule has 0 atom stereocenters. The van der Waals surface area contributed by atoms with Gasteiger partial charge in [0.25, 0.3) is 5.91 Å². The van der Waals surface area contributed by atoms with Gasteiger partial charge >= 0.3 is 6.18 Å². The molecule has 0 radical (unpaired) electrons. The Hall–Kier alpha value is -3.65. The third kappa shape index (κ3) is 6.17. The van der Waals surface area contributed by atoms with Crippen LogP contribution < -0.4 is 10.6 Å². The van der Waals surface area contributed by atoms with Crippen molar-refractivity contribution >= 4 is 11.8 Å². The van der Waals surface area contributed by atoms with Crippen molar-refractivity contribution in [3.05, 3.63) is 95.6 Å². The maximum absolute atomic E-state index is 13.7. The van der Waals surface area contributed by atoms with Crippen molar-refractivity contribution in [3.8, 4) is 11.1 Å². The second kappa shape index (κ2) is 12.1. The second-order valence-corrected chi connectivity index (χ2v) is 11.2. The molecule has 5 rings (SSSR count). The van der Waals surface area contributed by atoms with Crippen molar-refractivity contribution in [1.29, 1.82) is 0 Å². The Bertz CT molecular complexity index is 1320. The van der Waals surface area contributed by atoms with E-state index in [9.17, 15) is 22.8 Å². The number of halogens is 3. The summed E-state index contributed by atoms with van der Waals surface area (Å²) in [5.41, 5.74) is 2.80. The van der Waals surface area contributed by atoms with E-state index in [0.29, 0.717) is 31.0 Å². The predicted molar refractivity (Wildman–Crippen MR) is 154 cm³/mol. The summed E-state index contributed by atoms with van der Waals surface area (Å²) < 4.78 is 39.4. The zero-order valence-electron chi connectivity index (χ0n) is 23.2. The first-order valence-electron chi connectivity index (χ1n) is 14.3. The molecule has 0 aromatic heterocycles. The Labute approximate surface area is 239 Å². The first kappa shape index (κ1) is 28.9. The van der Waals surface area contributed by atoms with Crippen LogP contribution in [-0.2, 0) is 10.2 Å². The lowest BCUT2D eigenvalue weighted by atomic mass is 9.73. The van der Waals surface area contributed by atoms with Gasteiger partial charge in [0.2, 0.25) is 5.91 Å². The molecular weight excluding hydrogens is 527 g/mol. The van der Waals surface area contributed by atoms with Crippen LogP contribution in [0.1, 0.15) is 60.0 Å². The largest absolute Gasteiger partial charge is 0.405 e. The van der Waals surface area contributed by atoms with Crippen molar-refractivity contribution < 1.29 is 22.8 Å². The third-order valence-corrected chi connectivity index (χ3v) is 8.65. The molecule has 3 aromatic rings. The van der Waals surface area contributed by atoms with Crippen molar-refractivity contribution in [3.63, 3.8) is 0 Å². The zero-order chi connectivity index (χ0) is 29.0. The molecule has 1 fully saturated rings. The quantitative estimate of drug-likeness (QED) is 0.332. The molecule has 216 valence electrons. The van der Waals surface area contributed by atoms with Crippen LogP contribution in [0.5, 0.6) is 0 Å². The average molecular weight is 564 g/mol. The number of carbonyl (C=O) groups is 2. The Morgan fingerprint density at radius 1 is 0.854 bits per heavy atom. The standard InChI is InChI=1S/C33H36F3N3O2/c1-39(25-18-16-24(17-19-25)38-30(40)23-10-3-2-4-11-23)21-9-20-32(31(41)37-22-33(34,35)36)28-14-7-5-12-26(28)27-13-6-8-15-29(27)32/h2-8,10-15,24-25H,9,16-22H2,1H3,(H,37,41)(H,38,40). The number of hydrogen-bond acceptors (Lipinski definition) is 3. The summed E-state index contributed by atoms with van der Waals surface area (Å²) in [4.78, 5) is 28.5. The van der Waals surface area contributed by atoms with Gasteiger partial charge in [-0.15, -0.1) is 0 Å². The molecule has 2 aliphatic rings. The lowest BCUT2D eigenvalue weighted by Gasteiger charge is -2.36. The van der Waals surface area contributed by atoms with Crippen LogP contribution >= 0.6 is 0 Å².